The molecule has 0 bridgehead atoms. The van der Waals surface area contributed by atoms with Crippen LogP contribution in [0.15, 0.2) is 42.9 Å². The second-order valence-corrected chi connectivity index (χ2v) is 6.70. The molecule has 7 heteroatoms. The lowest BCUT2D eigenvalue weighted by molar-refractivity contribution is -0.00521. The van der Waals surface area contributed by atoms with Crippen LogP contribution < -0.4 is 10.6 Å². The lowest BCUT2D eigenvalue weighted by Crippen LogP contribution is -2.45. The molecule has 3 heterocycles. The predicted molar refractivity (Wildman–Crippen MR) is 106 cm³/mol. The van der Waals surface area contributed by atoms with E-state index in [1.807, 2.05) is 16.6 Å². The molecule has 4 rings (SSSR count). The number of anilines is 1. The third-order valence-electron chi connectivity index (χ3n) is 4.64. The van der Waals surface area contributed by atoms with Crippen LogP contribution in [0.25, 0.3) is 16.8 Å². The first-order valence-corrected chi connectivity index (χ1v) is 8.67. The van der Waals surface area contributed by atoms with E-state index in [9.17, 15) is 0 Å². The van der Waals surface area contributed by atoms with E-state index < -0.39 is 0 Å². The lowest BCUT2D eigenvalue weighted by atomic mass is 10.1. The molecule has 0 spiro atoms. The minimum absolute atomic E-state index is 0. The summed E-state index contributed by atoms with van der Waals surface area (Å²) < 4.78 is 7.74. The second kappa shape index (κ2) is 7.61. The number of fused-ring (bicyclic) bond motifs is 1. The Labute approximate surface area is 159 Å². The van der Waals surface area contributed by atoms with Crippen molar-refractivity contribution in [3.8, 4) is 11.3 Å². The van der Waals surface area contributed by atoms with Gasteiger partial charge in [0.25, 0.3) is 0 Å². The first-order chi connectivity index (χ1) is 12.1. The molecular formula is C19H24ClN5O. The Balaban J connectivity index is 0.00000196. The maximum atomic E-state index is 5.84. The first-order valence-electron chi connectivity index (χ1n) is 8.67. The quantitative estimate of drug-likeness (QED) is 0.764. The Morgan fingerprint density at radius 1 is 1.15 bits per heavy atom. The number of halogens is 1. The third kappa shape index (κ3) is 3.53. The molecule has 1 saturated heterocycles. The van der Waals surface area contributed by atoms with Gasteiger partial charge in [0.05, 0.1) is 35.3 Å². The summed E-state index contributed by atoms with van der Waals surface area (Å²) in [4.78, 5) is 6.87. The molecule has 1 fully saturated rings. The number of benzene rings is 1. The molecule has 138 valence electrons. The normalized spacial score (nSPS) is 20.2. The van der Waals surface area contributed by atoms with Crippen molar-refractivity contribution in [3.05, 3.63) is 48.4 Å². The zero-order valence-corrected chi connectivity index (χ0v) is 15.8. The maximum absolute atomic E-state index is 5.84. The number of morpholine rings is 1. The van der Waals surface area contributed by atoms with Crippen molar-refractivity contribution >= 4 is 23.6 Å². The van der Waals surface area contributed by atoms with Gasteiger partial charge < -0.3 is 15.4 Å². The van der Waals surface area contributed by atoms with E-state index >= 15 is 0 Å². The molecule has 2 N–H and O–H groups in total. The summed E-state index contributed by atoms with van der Waals surface area (Å²) >= 11 is 0. The van der Waals surface area contributed by atoms with E-state index in [-0.39, 0.29) is 24.6 Å². The van der Waals surface area contributed by atoms with Crippen LogP contribution in [-0.4, -0.2) is 39.9 Å². The van der Waals surface area contributed by atoms with Crippen LogP contribution in [0.3, 0.4) is 0 Å². The fraction of sp³-hybridized carbons (Fsp3) is 0.368. The van der Waals surface area contributed by atoms with Crippen molar-refractivity contribution in [2.24, 2.45) is 5.73 Å². The van der Waals surface area contributed by atoms with Crippen molar-refractivity contribution < 1.29 is 4.74 Å². The van der Waals surface area contributed by atoms with E-state index in [1.54, 1.807) is 6.33 Å². The smallest absolute Gasteiger partial charge is 0.137 e. The van der Waals surface area contributed by atoms with E-state index in [0.29, 0.717) is 6.54 Å². The number of nitrogens with zero attached hydrogens (tertiary/aromatic N) is 4. The summed E-state index contributed by atoms with van der Waals surface area (Å²) in [6.07, 6.45) is 4.12. The fourth-order valence-corrected chi connectivity index (χ4v) is 3.50. The van der Waals surface area contributed by atoms with Crippen molar-refractivity contribution in [1.82, 2.24) is 14.6 Å². The third-order valence-corrected chi connectivity index (χ3v) is 4.64. The Morgan fingerprint density at radius 3 is 2.50 bits per heavy atom. The molecule has 3 aromatic rings. The summed E-state index contributed by atoms with van der Waals surface area (Å²) in [5.41, 5.74) is 11.0. The topological polar surface area (TPSA) is 68.7 Å². The van der Waals surface area contributed by atoms with Crippen LogP contribution >= 0.6 is 12.4 Å². The van der Waals surface area contributed by atoms with Gasteiger partial charge in [0, 0.05) is 25.2 Å². The van der Waals surface area contributed by atoms with Gasteiger partial charge in [-0.25, -0.2) is 9.50 Å². The van der Waals surface area contributed by atoms with Gasteiger partial charge in [0.1, 0.15) is 6.33 Å². The molecule has 6 nitrogen and oxygen atoms in total. The molecule has 2 aromatic heterocycles. The highest BCUT2D eigenvalue weighted by Gasteiger charge is 2.23. The van der Waals surface area contributed by atoms with Crippen LogP contribution in [0.1, 0.15) is 19.4 Å². The fourth-order valence-electron chi connectivity index (χ4n) is 3.50. The van der Waals surface area contributed by atoms with Gasteiger partial charge in [0.15, 0.2) is 0 Å². The van der Waals surface area contributed by atoms with E-state index in [1.165, 1.54) is 0 Å². The standard InChI is InChI=1S/C19H23N5O.ClH/c1-13-9-23(10-14(2)25-13)17-7-18-19(21-12-22-24(18)11-17)16-5-3-15(8-20)4-6-16;/h3-7,11-14H,8-10,20H2,1-2H3;1H/t13-,14-;/m1./s1. The molecule has 0 radical (unpaired) electrons. The summed E-state index contributed by atoms with van der Waals surface area (Å²) in [6.45, 7) is 6.54. The second-order valence-electron chi connectivity index (χ2n) is 6.70. The Morgan fingerprint density at radius 2 is 1.85 bits per heavy atom. The number of aromatic nitrogens is 3. The molecule has 1 aliphatic rings. The molecule has 0 unspecified atom stereocenters. The Kier molecular flexibility index (Phi) is 5.46. The summed E-state index contributed by atoms with van der Waals surface area (Å²) in [6, 6.07) is 10.4. The van der Waals surface area contributed by atoms with Crippen molar-refractivity contribution in [1.29, 1.82) is 0 Å². The maximum Gasteiger partial charge on any atom is 0.137 e. The zero-order valence-electron chi connectivity index (χ0n) is 15.0. The number of rotatable bonds is 3. The average Bonchev–Trinajstić information content (AvgIpc) is 3.05. The van der Waals surface area contributed by atoms with Gasteiger partial charge in [-0.05, 0) is 25.5 Å². The average molecular weight is 374 g/mol. The molecule has 0 saturated carbocycles. The van der Waals surface area contributed by atoms with Gasteiger partial charge in [0.2, 0.25) is 0 Å². The molecule has 26 heavy (non-hydrogen) atoms. The summed E-state index contributed by atoms with van der Waals surface area (Å²) in [5.74, 6) is 0. The number of hydrogen-bond acceptors (Lipinski definition) is 5. The number of nitrogens with two attached hydrogens (primary N) is 1. The van der Waals surface area contributed by atoms with Gasteiger partial charge in [-0.3, -0.25) is 0 Å². The highest BCUT2D eigenvalue weighted by molar-refractivity contribution is 5.85. The van der Waals surface area contributed by atoms with Gasteiger partial charge in [-0.1, -0.05) is 24.3 Å². The summed E-state index contributed by atoms with van der Waals surface area (Å²) in [7, 11) is 0. The van der Waals surface area contributed by atoms with E-state index in [2.05, 4.69) is 53.2 Å². The minimum atomic E-state index is 0. The van der Waals surface area contributed by atoms with Gasteiger partial charge in [-0.2, -0.15) is 5.10 Å². The number of ether oxygens (including phenoxy) is 1. The number of hydrogen-bond donors (Lipinski definition) is 1. The SMILES string of the molecule is C[C@@H]1CN(c2cc3c(-c4ccc(CN)cc4)ncnn3c2)C[C@@H](C)O1.Cl. The molecule has 0 aliphatic carbocycles. The van der Waals surface area contributed by atoms with Gasteiger partial charge in [-0.15, -0.1) is 12.4 Å². The Bertz CT molecular complexity index is 869. The first kappa shape index (κ1) is 18.6. The van der Waals surface area contributed by atoms with E-state index in [4.69, 9.17) is 10.5 Å². The van der Waals surface area contributed by atoms with Crippen molar-refractivity contribution in [3.63, 3.8) is 0 Å². The highest BCUT2D eigenvalue weighted by Crippen LogP contribution is 2.28. The Hall–Kier alpha value is -2.15. The minimum Gasteiger partial charge on any atom is -0.372 e. The summed E-state index contributed by atoms with van der Waals surface area (Å²) in [5, 5.41) is 4.38. The van der Waals surface area contributed by atoms with Crippen molar-refractivity contribution in [2.45, 2.75) is 32.6 Å². The van der Waals surface area contributed by atoms with Crippen LogP contribution in [0.5, 0.6) is 0 Å². The highest BCUT2D eigenvalue weighted by atomic mass is 35.5. The van der Waals surface area contributed by atoms with Crippen molar-refractivity contribution in [2.75, 3.05) is 18.0 Å². The lowest BCUT2D eigenvalue weighted by Gasteiger charge is -2.36. The monoisotopic (exact) mass is 373 g/mol. The molecule has 1 aliphatic heterocycles. The largest absolute Gasteiger partial charge is 0.372 e. The van der Waals surface area contributed by atoms with Gasteiger partial charge >= 0.3 is 0 Å². The molecule has 0 amide bonds. The molecule has 2 atom stereocenters. The zero-order chi connectivity index (χ0) is 17.4. The van der Waals surface area contributed by atoms with Crippen LogP contribution in [0.2, 0.25) is 0 Å². The molecular weight excluding hydrogens is 350 g/mol. The van der Waals surface area contributed by atoms with Crippen LogP contribution in [-0.2, 0) is 11.3 Å². The predicted octanol–water partition coefficient (Wildman–Crippen LogP) is 2.89. The van der Waals surface area contributed by atoms with E-state index in [0.717, 1.165) is 41.1 Å². The van der Waals surface area contributed by atoms with Crippen LogP contribution in [0.4, 0.5) is 5.69 Å². The van der Waals surface area contributed by atoms with Crippen LogP contribution in [0, 0.1) is 0 Å². The molecule has 1 aromatic carbocycles.